The molecule has 5 nitrogen and oxygen atoms in total. The van der Waals surface area contributed by atoms with Crippen molar-refractivity contribution in [3.63, 3.8) is 0 Å². The smallest absolute Gasteiger partial charge is 0.307 e. The van der Waals surface area contributed by atoms with Crippen molar-refractivity contribution < 1.29 is 19.1 Å². The third-order valence-corrected chi connectivity index (χ3v) is 2.56. The second kappa shape index (κ2) is 8.19. The summed E-state index contributed by atoms with van der Waals surface area (Å²) in [7, 11) is 1.57. The van der Waals surface area contributed by atoms with Crippen LogP contribution in [0, 0.1) is 0 Å². The summed E-state index contributed by atoms with van der Waals surface area (Å²) in [5.74, 6) is 0.228. The van der Waals surface area contributed by atoms with E-state index in [9.17, 15) is 9.59 Å². The Balaban J connectivity index is 2.35. The molecule has 0 unspecified atom stereocenters. The molecule has 0 spiro atoms. The van der Waals surface area contributed by atoms with Crippen LogP contribution in [-0.4, -0.2) is 31.6 Å². The van der Waals surface area contributed by atoms with Crippen molar-refractivity contribution in [1.82, 2.24) is 5.32 Å². The number of benzene rings is 1. The Morgan fingerprint density at radius 3 is 2.60 bits per heavy atom. The minimum Gasteiger partial charge on any atom is -0.496 e. The summed E-state index contributed by atoms with van der Waals surface area (Å²) in [5, 5.41) is 2.69. The second-order valence-corrected chi connectivity index (χ2v) is 4.63. The lowest BCUT2D eigenvalue weighted by molar-refractivity contribution is -0.147. The van der Waals surface area contributed by atoms with E-state index in [0.717, 1.165) is 5.56 Å². The average Bonchev–Trinajstić information content (AvgIpc) is 2.38. The van der Waals surface area contributed by atoms with Gasteiger partial charge in [0.1, 0.15) is 5.75 Å². The fourth-order valence-corrected chi connectivity index (χ4v) is 1.71. The molecule has 1 aromatic rings. The third-order valence-electron chi connectivity index (χ3n) is 2.56. The van der Waals surface area contributed by atoms with Gasteiger partial charge in [-0.3, -0.25) is 9.59 Å². The van der Waals surface area contributed by atoms with Crippen molar-refractivity contribution in [2.45, 2.75) is 32.8 Å². The molecule has 0 aliphatic rings. The van der Waals surface area contributed by atoms with E-state index in [1.165, 1.54) is 0 Å². The zero-order valence-electron chi connectivity index (χ0n) is 12.1. The molecule has 5 heteroatoms. The molecule has 0 fully saturated rings. The van der Waals surface area contributed by atoms with Crippen LogP contribution < -0.4 is 10.1 Å². The summed E-state index contributed by atoms with van der Waals surface area (Å²) >= 11 is 0. The maximum atomic E-state index is 11.8. The SMILES string of the molecule is COc1ccccc1CC(=O)NCCC(=O)OC(C)C. The molecular formula is C15H21NO4. The van der Waals surface area contributed by atoms with E-state index in [0.29, 0.717) is 5.75 Å². The van der Waals surface area contributed by atoms with Crippen LogP contribution in [0.15, 0.2) is 24.3 Å². The summed E-state index contributed by atoms with van der Waals surface area (Å²) in [6.45, 7) is 3.86. The largest absolute Gasteiger partial charge is 0.496 e. The van der Waals surface area contributed by atoms with Gasteiger partial charge in [0.2, 0.25) is 5.91 Å². The molecule has 0 bridgehead atoms. The maximum absolute atomic E-state index is 11.8. The molecule has 0 atom stereocenters. The van der Waals surface area contributed by atoms with Crippen LogP contribution in [0.2, 0.25) is 0 Å². The average molecular weight is 279 g/mol. The van der Waals surface area contributed by atoms with Gasteiger partial charge in [-0.2, -0.15) is 0 Å². The first kappa shape index (κ1) is 16.0. The van der Waals surface area contributed by atoms with Crippen molar-refractivity contribution in [2.75, 3.05) is 13.7 Å². The van der Waals surface area contributed by atoms with Gasteiger partial charge in [-0.1, -0.05) is 18.2 Å². The molecule has 0 aliphatic heterocycles. The molecule has 0 aliphatic carbocycles. The molecule has 1 amide bonds. The highest BCUT2D eigenvalue weighted by Crippen LogP contribution is 2.17. The van der Waals surface area contributed by atoms with Crippen LogP contribution in [0.3, 0.4) is 0 Å². The molecule has 0 saturated carbocycles. The van der Waals surface area contributed by atoms with E-state index >= 15 is 0 Å². The van der Waals surface area contributed by atoms with Gasteiger partial charge < -0.3 is 14.8 Å². The van der Waals surface area contributed by atoms with Crippen molar-refractivity contribution in [3.05, 3.63) is 29.8 Å². The normalized spacial score (nSPS) is 10.2. The number of rotatable bonds is 7. The highest BCUT2D eigenvalue weighted by Gasteiger charge is 2.09. The van der Waals surface area contributed by atoms with E-state index in [2.05, 4.69) is 5.32 Å². The van der Waals surface area contributed by atoms with Crippen LogP contribution in [0.25, 0.3) is 0 Å². The number of carbonyl (C=O) groups is 2. The zero-order chi connectivity index (χ0) is 15.0. The lowest BCUT2D eigenvalue weighted by Crippen LogP contribution is -2.28. The van der Waals surface area contributed by atoms with Crippen LogP contribution >= 0.6 is 0 Å². The number of nitrogens with one attached hydrogen (secondary N) is 1. The van der Waals surface area contributed by atoms with Gasteiger partial charge in [0.05, 0.1) is 26.1 Å². The Labute approximate surface area is 119 Å². The van der Waals surface area contributed by atoms with Gasteiger partial charge in [-0.15, -0.1) is 0 Å². The molecule has 0 radical (unpaired) electrons. The van der Waals surface area contributed by atoms with Gasteiger partial charge in [-0.05, 0) is 19.9 Å². The first-order chi connectivity index (χ1) is 9.52. The Hall–Kier alpha value is -2.04. The lowest BCUT2D eigenvalue weighted by atomic mass is 10.1. The van der Waals surface area contributed by atoms with Crippen LogP contribution in [-0.2, 0) is 20.7 Å². The van der Waals surface area contributed by atoms with E-state index in [1.54, 1.807) is 21.0 Å². The topological polar surface area (TPSA) is 64.6 Å². The van der Waals surface area contributed by atoms with Gasteiger partial charge in [0.25, 0.3) is 0 Å². The predicted molar refractivity (Wildman–Crippen MR) is 75.6 cm³/mol. The molecule has 1 aromatic carbocycles. The summed E-state index contributed by atoms with van der Waals surface area (Å²) in [6.07, 6.45) is 0.269. The number of hydrogen-bond acceptors (Lipinski definition) is 4. The van der Waals surface area contributed by atoms with Crippen LogP contribution in [0.1, 0.15) is 25.8 Å². The molecule has 0 heterocycles. The minimum absolute atomic E-state index is 0.133. The first-order valence-corrected chi connectivity index (χ1v) is 6.61. The van der Waals surface area contributed by atoms with Gasteiger partial charge in [-0.25, -0.2) is 0 Å². The number of hydrogen-bond donors (Lipinski definition) is 1. The minimum atomic E-state index is -0.308. The summed E-state index contributed by atoms with van der Waals surface area (Å²) in [6, 6.07) is 7.35. The molecule has 0 aromatic heterocycles. The summed E-state index contributed by atoms with van der Waals surface area (Å²) in [5.41, 5.74) is 0.817. The monoisotopic (exact) mass is 279 g/mol. The highest BCUT2D eigenvalue weighted by molar-refractivity contribution is 5.80. The van der Waals surface area contributed by atoms with E-state index < -0.39 is 0 Å². The Morgan fingerprint density at radius 1 is 1.25 bits per heavy atom. The lowest BCUT2D eigenvalue weighted by Gasteiger charge is -2.10. The third kappa shape index (κ3) is 5.73. The van der Waals surface area contributed by atoms with Gasteiger partial charge >= 0.3 is 5.97 Å². The number of esters is 1. The quantitative estimate of drug-likeness (QED) is 0.771. The van der Waals surface area contributed by atoms with Crippen molar-refractivity contribution in [1.29, 1.82) is 0 Å². The van der Waals surface area contributed by atoms with Gasteiger partial charge in [0.15, 0.2) is 0 Å². The number of amides is 1. The predicted octanol–water partition coefficient (Wildman–Crippen LogP) is 1.70. The number of methoxy groups -OCH3 is 1. The Bertz CT molecular complexity index is 457. The van der Waals surface area contributed by atoms with Crippen molar-refractivity contribution >= 4 is 11.9 Å². The van der Waals surface area contributed by atoms with E-state index in [-0.39, 0.29) is 37.4 Å². The zero-order valence-corrected chi connectivity index (χ0v) is 12.1. The van der Waals surface area contributed by atoms with Crippen molar-refractivity contribution in [2.24, 2.45) is 0 Å². The van der Waals surface area contributed by atoms with Crippen LogP contribution in [0.4, 0.5) is 0 Å². The molecule has 0 saturated heterocycles. The summed E-state index contributed by atoms with van der Waals surface area (Å²) < 4.78 is 10.2. The number of ether oxygens (including phenoxy) is 2. The standard InChI is InChI=1S/C15H21NO4/c1-11(2)20-15(18)8-9-16-14(17)10-12-6-4-5-7-13(12)19-3/h4-7,11H,8-10H2,1-3H3,(H,16,17). The fraction of sp³-hybridized carbons (Fsp3) is 0.467. The first-order valence-electron chi connectivity index (χ1n) is 6.61. The fourth-order valence-electron chi connectivity index (χ4n) is 1.71. The van der Waals surface area contributed by atoms with E-state index in [4.69, 9.17) is 9.47 Å². The molecule has 20 heavy (non-hydrogen) atoms. The number of carbonyl (C=O) groups excluding carboxylic acids is 2. The second-order valence-electron chi connectivity index (χ2n) is 4.63. The molecule has 110 valence electrons. The Kier molecular flexibility index (Phi) is 6.56. The van der Waals surface area contributed by atoms with E-state index in [1.807, 2.05) is 24.3 Å². The Morgan fingerprint density at radius 2 is 1.95 bits per heavy atom. The molecule has 1 N–H and O–H groups in total. The summed E-state index contributed by atoms with van der Waals surface area (Å²) in [4.78, 5) is 23.1. The molecule has 1 rings (SSSR count). The van der Waals surface area contributed by atoms with Gasteiger partial charge in [0, 0.05) is 12.1 Å². The highest BCUT2D eigenvalue weighted by atomic mass is 16.5. The number of para-hydroxylation sites is 1. The van der Waals surface area contributed by atoms with Crippen molar-refractivity contribution in [3.8, 4) is 5.75 Å². The maximum Gasteiger partial charge on any atom is 0.307 e. The molecular weight excluding hydrogens is 258 g/mol. The van der Waals surface area contributed by atoms with Crippen LogP contribution in [0.5, 0.6) is 5.75 Å².